The Morgan fingerprint density at radius 2 is 1.97 bits per heavy atom. The molecule has 2 saturated carbocycles. The van der Waals surface area contributed by atoms with Gasteiger partial charge in [-0.3, -0.25) is 9.59 Å². The minimum Gasteiger partial charge on any atom is -0.484 e. The zero-order valence-corrected chi connectivity index (χ0v) is 17.9. The van der Waals surface area contributed by atoms with Crippen LogP contribution in [0.5, 0.6) is 5.75 Å². The monoisotopic (exact) mass is 466 g/mol. The lowest BCUT2D eigenvalue weighted by Gasteiger charge is -2.63. The Labute approximate surface area is 188 Å². The Morgan fingerprint density at radius 1 is 1.23 bits per heavy atom. The zero-order valence-electron chi connectivity index (χ0n) is 16.4. The second-order valence-corrected chi connectivity index (χ2v) is 8.83. The number of rotatable bonds is 7. The second kappa shape index (κ2) is 8.65. The molecule has 2 fully saturated rings. The van der Waals surface area contributed by atoms with E-state index in [0.29, 0.717) is 17.0 Å². The molecular formula is C22H21Cl2FN2O4. The van der Waals surface area contributed by atoms with E-state index in [1.54, 1.807) is 24.3 Å². The molecule has 2 aliphatic rings. The van der Waals surface area contributed by atoms with E-state index in [-0.39, 0.29) is 40.8 Å². The fourth-order valence-corrected chi connectivity index (χ4v) is 4.56. The third-order valence-electron chi connectivity index (χ3n) is 6.09. The number of halogens is 3. The minimum absolute atomic E-state index is 0.0169. The van der Waals surface area contributed by atoms with Gasteiger partial charge in [-0.15, -0.1) is 0 Å². The van der Waals surface area contributed by atoms with Crippen LogP contribution >= 0.6 is 23.2 Å². The van der Waals surface area contributed by atoms with E-state index in [1.165, 1.54) is 12.1 Å². The van der Waals surface area contributed by atoms with Crippen LogP contribution in [-0.4, -0.2) is 35.1 Å². The summed E-state index contributed by atoms with van der Waals surface area (Å²) in [5.41, 5.74) is 0.0969. The number of ether oxygens (including phenoxy) is 1. The highest BCUT2D eigenvalue weighted by Crippen LogP contribution is 2.53. The van der Waals surface area contributed by atoms with Crippen molar-refractivity contribution < 1.29 is 23.8 Å². The molecule has 0 aliphatic heterocycles. The molecule has 9 heteroatoms. The molecule has 164 valence electrons. The van der Waals surface area contributed by atoms with E-state index in [4.69, 9.17) is 27.9 Å². The molecule has 3 unspecified atom stereocenters. The number of hydrogen-bond donors (Lipinski definition) is 3. The summed E-state index contributed by atoms with van der Waals surface area (Å²) in [6.45, 7) is -0.248. The summed E-state index contributed by atoms with van der Waals surface area (Å²) in [5, 5.41) is 16.6. The van der Waals surface area contributed by atoms with Gasteiger partial charge in [-0.25, -0.2) is 4.39 Å². The van der Waals surface area contributed by atoms with E-state index in [1.807, 2.05) is 0 Å². The van der Waals surface area contributed by atoms with Crippen molar-refractivity contribution in [1.82, 2.24) is 10.6 Å². The molecule has 0 radical (unpaired) electrons. The molecule has 4 atom stereocenters. The van der Waals surface area contributed by atoms with Crippen LogP contribution in [0.4, 0.5) is 4.39 Å². The Kier molecular flexibility index (Phi) is 6.10. The predicted molar refractivity (Wildman–Crippen MR) is 113 cm³/mol. The van der Waals surface area contributed by atoms with Crippen molar-refractivity contribution in [3.05, 3.63) is 63.9 Å². The normalized spacial score (nSPS) is 24.8. The standard InChI is InChI=1S/C22H21Cl2FN2O4/c23-13-3-1-12(2-4-13)20(29)21(30)26-18-10-22(8-7-15(18)22)27-19(28)11-31-14-5-6-16(24)17(25)9-14/h1-6,9,15,18,20,29H,7-8,10-11H2,(H,26,30)(H,27,28)/t15?,18?,20-,22?/m1/s1. The van der Waals surface area contributed by atoms with Gasteiger partial charge in [-0.05, 0) is 49.1 Å². The lowest BCUT2D eigenvalue weighted by Crippen LogP contribution is -2.76. The first-order valence-electron chi connectivity index (χ1n) is 9.90. The van der Waals surface area contributed by atoms with Gasteiger partial charge in [0.2, 0.25) is 0 Å². The molecule has 6 nitrogen and oxygen atoms in total. The summed E-state index contributed by atoms with van der Waals surface area (Å²) in [6.07, 6.45) is 0.976. The largest absolute Gasteiger partial charge is 0.484 e. The Bertz CT molecular complexity index is 1000. The van der Waals surface area contributed by atoms with E-state index in [9.17, 15) is 19.1 Å². The van der Waals surface area contributed by atoms with Crippen molar-refractivity contribution in [2.45, 2.75) is 36.9 Å². The number of carbonyl (C=O) groups excluding carboxylic acids is 2. The highest BCUT2D eigenvalue weighted by Gasteiger charge is 2.61. The number of carbonyl (C=O) groups is 2. The van der Waals surface area contributed by atoms with Crippen LogP contribution in [0, 0.1) is 11.7 Å². The number of fused-ring (bicyclic) bond motifs is 1. The third-order valence-corrected chi connectivity index (χ3v) is 6.65. The first-order valence-corrected chi connectivity index (χ1v) is 10.7. The van der Waals surface area contributed by atoms with E-state index >= 15 is 0 Å². The fraction of sp³-hybridized carbons (Fsp3) is 0.364. The molecule has 3 N–H and O–H groups in total. The Hall–Kier alpha value is -2.35. The summed E-state index contributed by atoms with van der Waals surface area (Å²) in [6, 6.07) is 10.3. The first-order chi connectivity index (χ1) is 14.8. The summed E-state index contributed by atoms with van der Waals surface area (Å²) < 4.78 is 18.8. The summed E-state index contributed by atoms with van der Waals surface area (Å²) in [4.78, 5) is 24.7. The van der Waals surface area contributed by atoms with Gasteiger partial charge >= 0.3 is 0 Å². The molecule has 2 aromatic rings. The summed E-state index contributed by atoms with van der Waals surface area (Å²) >= 11 is 11.5. The van der Waals surface area contributed by atoms with Gasteiger partial charge in [0.25, 0.3) is 11.8 Å². The minimum atomic E-state index is -1.28. The molecule has 0 bridgehead atoms. The average Bonchev–Trinajstić information content (AvgIpc) is 2.73. The van der Waals surface area contributed by atoms with Crippen LogP contribution in [-0.2, 0) is 9.59 Å². The Balaban J connectivity index is 1.26. The van der Waals surface area contributed by atoms with E-state index < -0.39 is 17.8 Å². The number of amides is 2. The summed E-state index contributed by atoms with van der Waals surface area (Å²) in [5.74, 6) is -1.09. The lowest BCUT2D eigenvalue weighted by atomic mass is 9.50. The first kappa shape index (κ1) is 21.9. The maximum absolute atomic E-state index is 13.5. The van der Waals surface area contributed by atoms with Crippen LogP contribution < -0.4 is 15.4 Å². The van der Waals surface area contributed by atoms with Crippen LogP contribution in [0.3, 0.4) is 0 Å². The van der Waals surface area contributed by atoms with Crippen molar-refractivity contribution in [2.75, 3.05) is 6.61 Å². The van der Waals surface area contributed by atoms with E-state index in [0.717, 1.165) is 18.9 Å². The van der Waals surface area contributed by atoms with Gasteiger partial charge in [-0.2, -0.15) is 0 Å². The zero-order chi connectivity index (χ0) is 22.2. The number of aliphatic hydroxyl groups is 1. The maximum atomic E-state index is 13.5. The van der Waals surface area contributed by atoms with Crippen molar-refractivity contribution in [2.24, 2.45) is 5.92 Å². The maximum Gasteiger partial charge on any atom is 0.258 e. The number of nitrogens with one attached hydrogen (secondary N) is 2. The van der Waals surface area contributed by atoms with Crippen molar-refractivity contribution in [1.29, 1.82) is 0 Å². The number of hydrogen-bond acceptors (Lipinski definition) is 4. The molecule has 0 aromatic heterocycles. The lowest BCUT2D eigenvalue weighted by molar-refractivity contribution is -0.141. The highest BCUT2D eigenvalue weighted by atomic mass is 35.5. The molecule has 0 spiro atoms. The molecule has 2 amide bonds. The van der Waals surface area contributed by atoms with Gasteiger partial charge < -0.3 is 20.5 Å². The number of aliphatic hydroxyl groups excluding tert-OH is 1. The topological polar surface area (TPSA) is 87.7 Å². The van der Waals surface area contributed by atoms with Crippen LogP contribution in [0.15, 0.2) is 42.5 Å². The molecule has 2 aromatic carbocycles. The quantitative estimate of drug-likeness (QED) is 0.583. The second-order valence-electron chi connectivity index (χ2n) is 7.99. The van der Waals surface area contributed by atoms with Crippen molar-refractivity contribution in [3.63, 3.8) is 0 Å². The third kappa shape index (κ3) is 4.49. The van der Waals surface area contributed by atoms with Gasteiger partial charge in [0.05, 0.1) is 5.02 Å². The molecule has 0 heterocycles. The SMILES string of the molecule is O=C(COc1ccc(Cl)c(F)c1)NC12CCC1C(NC(=O)[C@H](O)c1ccc(Cl)cc1)C2. The summed E-state index contributed by atoms with van der Waals surface area (Å²) in [7, 11) is 0. The molecule has 0 saturated heterocycles. The van der Waals surface area contributed by atoms with Gasteiger partial charge in [0, 0.05) is 28.6 Å². The average molecular weight is 467 g/mol. The molecular weight excluding hydrogens is 446 g/mol. The molecule has 2 aliphatic carbocycles. The van der Waals surface area contributed by atoms with Crippen molar-refractivity contribution in [3.8, 4) is 5.75 Å². The highest BCUT2D eigenvalue weighted by molar-refractivity contribution is 6.30. The van der Waals surface area contributed by atoms with Gasteiger partial charge in [-0.1, -0.05) is 35.3 Å². The van der Waals surface area contributed by atoms with Crippen LogP contribution in [0.1, 0.15) is 30.9 Å². The smallest absolute Gasteiger partial charge is 0.258 e. The van der Waals surface area contributed by atoms with Gasteiger partial charge in [0.15, 0.2) is 12.7 Å². The van der Waals surface area contributed by atoms with Crippen molar-refractivity contribution >= 4 is 35.0 Å². The van der Waals surface area contributed by atoms with Crippen LogP contribution in [0.25, 0.3) is 0 Å². The molecule has 31 heavy (non-hydrogen) atoms. The molecule has 4 rings (SSSR count). The fourth-order valence-electron chi connectivity index (χ4n) is 4.32. The number of benzene rings is 2. The van der Waals surface area contributed by atoms with Gasteiger partial charge in [0.1, 0.15) is 11.6 Å². The Morgan fingerprint density at radius 3 is 2.58 bits per heavy atom. The predicted octanol–water partition coefficient (Wildman–Crippen LogP) is 3.40. The van der Waals surface area contributed by atoms with Crippen LogP contribution in [0.2, 0.25) is 10.0 Å². The van der Waals surface area contributed by atoms with E-state index in [2.05, 4.69) is 10.6 Å².